The number of amides is 1. The monoisotopic (exact) mass is 331 g/mol. The third-order valence-electron chi connectivity index (χ3n) is 4.21. The first kappa shape index (κ1) is 17.5. The molecular weight excluding hydrogens is 311 g/mol. The van der Waals surface area contributed by atoms with Crippen LogP contribution in [0.5, 0.6) is 0 Å². The van der Waals surface area contributed by atoms with E-state index in [-0.39, 0.29) is 24.4 Å². The molecule has 2 heterocycles. The predicted octanol–water partition coefficient (Wildman–Crippen LogP) is 1.28. The van der Waals surface area contributed by atoms with Crippen LogP contribution in [0, 0.1) is 5.92 Å². The van der Waals surface area contributed by atoms with Gasteiger partial charge in [-0.05, 0) is 26.1 Å². The van der Waals surface area contributed by atoms with Crippen molar-refractivity contribution < 1.29 is 18.0 Å². The topological polar surface area (TPSA) is 45.6 Å². The van der Waals surface area contributed by atoms with Gasteiger partial charge < -0.3 is 14.4 Å². The molecule has 0 aromatic carbocycles. The third-order valence-corrected chi connectivity index (χ3v) is 4.21. The van der Waals surface area contributed by atoms with Crippen molar-refractivity contribution in [2.75, 3.05) is 27.2 Å². The highest BCUT2D eigenvalue weighted by Crippen LogP contribution is 2.28. The number of hydrogen-bond acceptors (Lipinski definition) is 3. The van der Waals surface area contributed by atoms with Crippen LogP contribution < -0.4 is 5.56 Å². The van der Waals surface area contributed by atoms with Crippen molar-refractivity contribution in [3.05, 3.63) is 34.2 Å². The minimum absolute atomic E-state index is 0.206. The van der Waals surface area contributed by atoms with E-state index in [9.17, 15) is 22.8 Å². The van der Waals surface area contributed by atoms with Gasteiger partial charge in [-0.25, -0.2) is 0 Å². The Morgan fingerprint density at radius 2 is 1.96 bits per heavy atom. The normalized spacial score (nSPS) is 22.0. The summed E-state index contributed by atoms with van der Waals surface area (Å²) in [4.78, 5) is 27.6. The van der Waals surface area contributed by atoms with Gasteiger partial charge in [0.25, 0.3) is 5.56 Å². The summed E-state index contributed by atoms with van der Waals surface area (Å²) < 4.78 is 39.0. The zero-order valence-corrected chi connectivity index (χ0v) is 13.3. The average Bonchev–Trinajstić information content (AvgIpc) is 2.82. The zero-order chi connectivity index (χ0) is 17.4. The van der Waals surface area contributed by atoms with Gasteiger partial charge in [-0.15, -0.1) is 0 Å². The van der Waals surface area contributed by atoms with Gasteiger partial charge in [-0.2, -0.15) is 13.2 Å². The molecule has 128 valence electrons. The second-order valence-electron chi connectivity index (χ2n) is 6.19. The van der Waals surface area contributed by atoms with E-state index in [4.69, 9.17) is 0 Å². The maximum absolute atomic E-state index is 12.7. The van der Waals surface area contributed by atoms with Crippen LogP contribution >= 0.6 is 0 Å². The molecule has 1 aliphatic rings. The fourth-order valence-electron chi connectivity index (χ4n) is 2.89. The molecule has 2 rings (SSSR count). The Kier molecular flexibility index (Phi) is 4.84. The van der Waals surface area contributed by atoms with Crippen LogP contribution in [-0.2, 0) is 17.5 Å². The molecule has 0 spiro atoms. The van der Waals surface area contributed by atoms with Crippen LogP contribution in [0.25, 0.3) is 0 Å². The van der Waals surface area contributed by atoms with E-state index in [1.807, 2.05) is 25.9 Å². The van der Waals surface area contributed by atoms with Gasteiger partial charge in [0.2, 0.25) is 5.91 Å². The quantitative estimate of drug-likeness (QED) is 0.838. The molecule has 1 aromatic rings. The molecule has 1 aromatic heterocycles. The maximum Gasteiger partial charge on any atom is 0.417 e. The number of likely N-dealkylation sites (tertiary alicyclic amines) is 1. The Hall–Kier alpha value is -1.83. The summed E-state index contributed by atoms with van der Waals surface area (Å²) in [5.41, 5.74) is -1.56. The molecule has 0 N–H and O–H groups in total. The molecule has 1 aliphatic heterocycles. The molecule has 1 amide bonds. The predicted molar refractivity (Wildman–Crippen MR) is 78.9 cm³/mol. The van der Waals surface area contributed by atoms with Gasteiger partial charge in [0.05, 0.1) is 5.56 Å². The lowest BCUT2D eigenvalue weighted by atomic mass is 10.1. The third kappa shape index (κ3) is 3.93. The molecular formula is C15H20F3N3O2. The first-order chi connectivity index (χ1) is 10.6. The molecule has 0 unspecified atom stereocenters. The first-order valence-electron chi connectivity index (χ1n) is 7.31. The molecule has 8 heteroatoms. The number of carbonyl (C=O) groups is 1. The van der Waals surface area contributed by atoms with E-state index in [0.717, 1.165) is 16.7 Å². The number of likely N-dealkylation sites (N-methyl/N-ethyl adjacent to an activating group) is 1. The van der Waals surface area contributed by atoms with E-state index in [1.54, 1.807) is 4.90 Å². The summed E-state index contributed by atoms with van der Waals surface area (Å²) in [6.45, 7) is 2.69. The summed E-state index contributed by atoms with van der Waals surface area (Å²) in [7, 11) is 3.85. The number of nitrogens with zero attached hydrogens (tertiary/aromatic N) is 3. The lowest BCUT2D eigenvalue weighted by Crippen LogP contribution is -2.38. The molecule has 2 atom stereocenters. The van der Waals surface area contributed by atoms with Crippen LogP contribution in [0.15, 0.2) is 23.1 Å². The van der Waals surface area contributed by atoms with Crippen molar-refractivity contribution in [1.29, 1.82) is 0 Å². The second kappa shape index (κ2) is 6.35. The van der Waals surface area contributed by atoms with Crippen molar-refractivity contribution in [2.45, 2.75) is 25.7 Å². The molecule has 0 aliphatic carbocycles. The second-order valence-corrected chi connectivity index (χ2v) is 6.19. The molecule has 5 nitrogen and oxygen atoms in total. The summed E-state index contributed by atoms with van der Waals surface area (Å²) in [5, 5.41) is 0. The Morgan fingerprint density at radius 3 is 2.48 bits per heavy atom. The van der Waals surface area contributed by atoms with Gasteiger partial charge in [0.15, 0.2) is 0 Å². The van der Waals surface area contributed by atoms with Crippen molar-refractivity contribution in [2.24, 2.45) is 5.92 Å². The fraction of sp³-hybridized carbons (Fsp3) is 0.600. The van der Waals surface area contributed by atoms with E-state index >= 15 is 0 Å². The molecule has 0 bridgehead atoms. The van der Waals surface area contributed by atoms with Crippen LogP contribution in [0.3, 0.4) is 0 Å². The highest BCUT2D eigenvalue weighted by atomic mass is 19.4. The van der Waals surface area contributed by atoms with Crippen molar-refractivity contribution in [3.8, 4) is 0 Å². The van der Waals surface area contributed by atoms with Crippen LogP contribution in [0.2, 0.25) is 0 Å². The fourth-order valence-corrected chi connectivity index (χ4v) is 2.89. The average molecular weight is 331 g/mol. The molecule has 0 saturated carbocycles. The summed E-state index contributed by atoms with van der Waals surface area (Å²) in [6, 6.07) is 1.77. The van der Waals surface area contributed by atoms with Crippen LogP contribution in [0.1, 0.15) is 12.5 Å². The summed E-state index contributed by atoms with van der Waals surface area (Å²) in [5.74, 6) is -0.0743. The summed E-state index contributed by atoms with van der Waals surface area (Å²) >= 11 is 0. The minimum Gasteiger partial charge on any atom is -0.339 e. The SMILES string of the molecule is C[C@@H]1CN(C(=O)Cn2cc(C(F)(F)F)ccc2=O)C[C@@H]1N(C)C. The molecule has 23 heavy (non-hydrogen) atoms. The smallest absolute Gasteiger partial charge is 0.339 e. The van der Waals surface area contributed by atoms with Gasteiger partial charge in [0, 0.05) is 31.4 Å². The van der Waals surface area contributed by atoms with Crippen LogP contribution in [0.4, 0.5) is 13.2 Å². The number of hydrogen-bond donors (Lipinski definition) is 0. The van der Waals surface area contributed by atoms with E-state index in [2.05, 4.69) is 0 Å². The lowest BCUT2D eigenvalue weighted by molar-refractivity contribution is -0.138. The van der Waals surface area contributed by atoms with Crippen molar-refractivity contribution in [3.63, 3.8) is 0 Å². The van der Waals surface area contributed by atoms with E-state index < -0.39 is 17.3 Å². The number of aromatic nitrogens is 1. The van der Waals surface area contributed by atoms with E-state index in [0.29, 0.717) is 19.3 Å². The molecule has 1 fully saturated rings. The zero-order valence-electron chi connectivity index (χ0n) is 13.3. The standard InChI is InChI=1S/C15H20F3N3O2/c1-10-6-20(8-12(10)19(2)3)14(23)9-21-7-11(15(16,17)18)4-5-13(21)22/h4-5,7,10,12H,6,8-9H2,1-3H3/t10-,12+/m1/s1. The minimum atomic E-state index is -4.54. The maximum atomic E-state index is 12.7. The number of halogens is 3. The number of pyridine rings is 1. The van der Waals surface area contributed by atoms with Gasteiger partial charge in [-0.3, -0.25) is 9.59 Å². The van der Waals surface area contributed by atoms with Crippen molar-refractivity contribution >= 4 is 5.91 Å². The van der Waals surface area contributed by atoms with E-state index in [1.165, 1.54) is 0 Å². The van der Waals surface area contributed by atoms with Crippen LogP contribution in [-0.4, -0.2) is 53.5 Å². The first-order valence-corrected chi connectivity index (χ1v) is 7.31. The Morgan fingerprint density at radius 1 is 1.30 bits per heavy atom. The largest absolute Gasteiger partial charge is 0.417 e. The molecule has 0 radical (unpaired) electrons. The number of rotatable bonds is 3. The van der Waals surface area contributed by atoms with Crippen molar-refractivity contribution in [1.82, 2.24) is 14.4 Å². The van der Waals surface area contributed by atoms with Gasteiger partial charge in [0.1, 0.15) is 6.54 Å². The Labute approximate surface area is 132 Å². The molecule has 1 saturated heterocycles. The number of alkyl halides is 3. The Bertz CT molecular complexity index is 640. The lowest BCUT2D eigenvalue weighted by Gasteiger charge is -2.22. The number of carbonyl (C=O) groups excluding carboxylic acids is 1. The van der Waals surface area contributed by atoms with Gasteiger partial charge in [-0.1, -0.05) is 6.92 Å². The van der Waals surface area contributed by atoms with Gasteiger partial charge >= 0.3 is 6.18 Å². The Balaban J connectivity index is 2.14. The highest BCUT2D eigenvalue weighted by Gasteiger charge is 2.34. The highest BCUT2D eigenvalue weighted by molar-refractivity contribution is 5.76. The summed E-state index contributed by atoms with van der Waals surface area (Å²) in [6.07, 6.45) is -3.85.